The molecule has 1 saturated heterocycles. The van der Waals surface area contributed by atoms with Crippen LogP contribution in [0.5, 0.6) is 0 Å². The Kier molecular flexibility index (Phi) is 5.38. The lowest BCUT2D eigenvalue weighted by Gasteiger charge is -2.26. The lowest BCUT2D eigenvalue weighted by Crippen LogP contribution is -2.29. The number of para-hydroxylation sites is 1. The number of hydrogen-bond donors (Lipinski definition) is 1. The van der Waals surface area contributed by atoms with Gasteiger partial charge in [0.05, 0.1) is 11.6 Å². The number of fused-ring (bicyclic) bond motifs is 1. The summed E-state index contributed by atoms with van der Waals surface area (Å²) in [5, 5.41) is 13.3. The minimum Gasteiger partial charge on any atom is -0.507 e. The van der Waals surface area contributed by atoms with Gasteiger partial charge in [0, 0.05) is 31.0 Å². The number of carbonyl (C=O) groups excluding carboxylic acids is 2. The minimum absolute atomic E-state index is 0.0849. The number of aliphatic hydroxyl groups is 1. The molecule has 5 nitrogen and oxygen atoms in total. The van der Waals surface area contributed by atoms with E-state index in [1.54, 1.807) is 18.2 Å². The van der Waals surface area contributed by atoms with Crippen molar-refractivity contribution in [3.8, 4) is 0 Å². The average Bonchev–Trinajstić information content (AvgIpc) is 3.14. The first kappa shape index (κ1) is 21.5. The topological polar surface area (TPSA) is 60.9 Å². The predicted octanol–water partition coefficient (Wildman–Crippen LogP) is 5.53. The van der Waals surface area contributed by atoms with Crippen molar-refractivity contribution in [1.29, 1.82) is 0 Å². The Morgan fingerprint density at radius 1 is 0.794 bits per heavy atom. The van der Waals surface area contributed by atoms with Crippen molar-refractivity contribution >= 4 is 39.6 Å². The van der Waals surface area contributed by atoms with Gasteiger partial charge < -0.3 is 10.0 Å². The minimum atomic E-state index is -0.745. The van der Waals surface area contributed by atoms with Crippen LogP contribution in [0.2, 0.25) is 0 Å². The van der Waals surface area contributed by atoms with Crippen molar-refractivity contribution in [2.45, 2.75) is 6.04 Å². The van der Waals surface area contributed by atoms with Crippen molar-refractivity contribution in [3.63, 3.8) is 0 Å². The molecule has 0 radical (unpaired) electrons. The van der Waals surface area contributed by atoms with Gasteiger partial charge in [-0.15, -0.1) is 0 Å². The highest BCUT2D eigenvalue weighted by Crippen LogP contribution is 2.42. The molecule has 34 heavy (non-hydrogen) atoms. The molecule has 1 unspecified atom stereocenters. The quantitative estimate of drug-likeness (QED) is 0.253. The van der Waals surface area contributed by atoms with Crippen LogP contribution in [0.15, 0.2) is 103 Å². The normalized spacial score (nSPS) is 17.4. The zero-order chi connectivity index (χ0) is 23.8. The highest BCUT2D eigenvalue weighted by Gasteiger charge is 2.46. The van der Waals surface area contributed by atoms with Crippen LogP contribution in [-0.2, 0) is 9.59 Å². The second-order valence-electron chi connectivity index (χ2n) is 8.55. The molecule has 1 fully saturated rings. The summed E-state index contributed by atoms with van der Waals surface area (Å²) < 4.78 is 0. The molecule has 4 aromatic rings. The Morgan fingerprint density at radius 2 is 1.44 bits per heavy atom. The summed E-state index contributed by atoms with van der Waals surface area (Å²) in [6.45, 7) is 0. The monoisotopic (exact) mass is 448 g/mol. The molecule has 1 amide bonds. The average molecular weight is 449 g/mol. The van der Waals surface area contributed by atoms with Crippen LogP contribution in [0.4, 0.5) is 11.4 Å². The second-order valence-corrected chi connectivity index (χ2v) is 8.55. The van der Waals surface area contributed by atoms with Gasteiger partial charge in [-0.25, -0.2) is 0 Å². The predicted molar refractivity (Wildman–Crippen MR) is 136 cm³/mol. The number of hydrogen-bond acceptors (Lipinski definition) is 4. The molecule has 1 heterocycles. The lowest BCUT2D eigenvalue weighted by atomic mass is 9.94. The molecular weight excluding hydrogens is 424 g/mol. The van der Waals surface area contributed by atoms with Crippen LogP contribution in [0.1, 0.15) is 17.2 Å². The van der Waals surface area contributed by atoms with Crippen LogP contribution in [0.3, 0.4) is 0 Å². The van der Waals surface area contributed by atoms with Crippen LogP contribution >= 0.6 is 0 Å². The number of amides is 1. The number of rotatable bonds is 4. The third-order valence-corrected chi connectivity index (χ3v) is 6.23. The summed E-state index contributed by atoms with van der Waals surface area (Å²) in [6, 6.07) is 29.4. The van der Waals surface area contributed by atoms with Gasteiger partial charge in [-0.1, -0.05) is 66.7 Å². The molecule has 0 bridgehead atoms. The van der Waals surface area contributed by atoms with E-state index in [0.717, 1.165) is 22.0 Å². The largest absolute Gasteiger partial charge is 0.507 e. The van der Waals surface area contributed by atoms with Gasteiger partial charge in [0.25, 0.3) is 11.7 Å². The molecule has 0 aliphatic carbocycles. The summed E-state index contributed by atoms with van der Waals surface area (Å²) in [5.41, 5.74) is 2.93. The van der Waals surface area contributed by atoms with Gasteiger partial charge in [-0.05, 0) is 46.7 Å². The van der Waals surface area contributed by atoms with E-state index in [1.165, 1.54) is 4.90 Å². The van der Waals surface area contributed by atoms with E-state index in [9.17, 15) is 14.7 Å². The number of Topliss-reactive ketones (excluding diaryl/α,β-unsaturated/α-hetero) is 1. The molecule has 1 aliphatic rings. The Balaban J connectivity index is 1.71. The number of anilines is 2. The van der Waals surface area contributed by atoms with E-state index >= 15 is 0 Å². The molecule has 1 N–H and O–H groups in total. The molecule has 168 valence electrons. The molecule has 0 saturated carbocycles. The van der Waals surface area contributed by atoms with Gasteiger partial charge in [-0.2, -0.15) is 0 Å². The SMILES string of the molecule is CN(C)c1ccc(C2/C(=C(/O)c3ccc4ccccc4c3)C(=O)C(=O)N2c2ccccc2)cc1. The van der Waals surface area contributed by atoms with E-state index in [-0.39, 0.29) is 11.3 Å². The van der Waals surface area contributed by atoms with Gasteiger partial charge in [-0.3, -0.25) is 14.5 Å². The highest BCUT2D eigenvalue weighted by molar-refractivity contribution is 6.51. The van der Waals surface area contributed by atoms with E-state index in [0.29, 0.717) is 11.3 Å². The molecule has 1 aliphatic heterocycles. The van der Waals surface area contributed by atoms with Crippen molar-refractivity contribution in [2.75, 3.05) is 23.9 Å². The van der Waals surface area contributed by atoms with Crippen molar-refractivity contribution < 1.29 is 14.7 Å². The Hall–Kier alpha value is -4.38. The summed E-state index contributed by atoms with van der Waals surface area (Å²) in [4.78, 5) is 30.0. The number of aliphatic hydroxyl groups excluding tert-OH is 1. The molecular formula is C29H24N2O3. The highest BCUT2D eigenvalue weighted by atomic mass is 16.3. The molecule has 4 aromatic carbocycles. The van der Waals surface area contributed by atoms with Crippen LogP contribution in [0, 0.1) is 0 Å². The first-order valence-corrected chi connectivity index (χ1v) is 11.1. The van der Waals surface area contributed by atoms with E-state index in [2.05, 4.69) is 0 Å². The maximum absolute atomic E-state index is 13.3. The van der Waals surface area contributed by atoms with Crippen molar-refractivity contribution in [1.82, 2.24) is 0 Å². The maximum atomic E-state index is 13.3. The summed E-state index contributed by atoms with van der Waals surface area (Å²) in [6.07, 6.45) is 0. The van der Waals surface area contributed by atoms with Crippen LogP contribution in [0.25, 0.3) is 16.5 Å². The Morgan fingerprint density at radius 3 is 2.12 bits per heavy atom. The van der Waals surface area contributed by atoms with Gasteiger partial charge in [0.1, 0.15) is 5.76 Å². The first-order valence-electron chi connectivity index (χ1n) is 11.1. The molecule has 1 atom stereocenters. The summed E-state index contributed by atoms with van der Waals surface area (Å²) in [7, 11) is 3.90. The maximum Gasteiger partial charge on any atom is 0.300 e. The molecule has 5 rings (SSSR count). The standard InChI is InChI=1S/C29H24N2O3/c1-30(2)23-16-14-20(15-17-23)26-25(28(33)29(34)31(26)24-10-4-3-5-11-24)27(32)22-13-12-19-8-6-7-9-21(19)18-22/h3-18,26,32H,1-2H3/b27-25-. The van der Waals surface area contributed by atoms with E-state index < -0.39 is 17.7 Å². The molecule has 0 spiro atoms. The summed E-state index contributed by atoms with van der Waals surface area (Å²) >= 11 is 0. The second kappa shape index (κ2) is 8.52. The third-order valence-electron chi connectivity index (χ3n) is 6.23. The fourth-order valence-corrected chi connectivity index (χ4v) is 4.45. The van der Waals surface area contributed by atoms with Gasteiger partial charge in [0.15, 0.2) is 0 Å². The van der Waals surface area contributed by atoms with E-state index in [1.807, 2.05) is 97.9 Å². The number of ketones is 1. The van der Waals surface area contributed by atoms with Crippen molar-refractivity contribution in [3.05, 3.63) is 114 Å². The zero-order valence-electron chi connectivity index (χ0n) is 19.0. The fourth-order valence-electron chi connectivity index (χ4n) is 4.45. The number of carbonyl (C=O) groups is 2. The summed E-state index contributed by atoms with van der Waals surface area (Å²) in [5.74, 6) is -1.53. The fraction of sp³-hybridized carbons (Fsp3) is 0.103. The van der Waals surface area contributed by atoms with Crippen molar-refractivity contribution in [2.24, 2.45) is 0 Å². The third kappa shape index (κ3) is 3.61. The number of nitrogens with zero attached hydrogens (tertiary/aromatic N) is 2. The van der Waals surface area contributed by atoms with Gasteiger partial charge in [0.2, 0.25) is 0 Å². The van der Waals surface area contributed by atoms with E-state index in [4.69, 9.17) is 0 Å². The molecule has 5 heteroatoms. The lowest BCUT2D eigenvalue weighted by molar-refractivity contribution is -0.132. The van der Waals surface area contributed by atoms with Crippen LogP contribution < -0.4 is 9.80 Å². The molecule has 0 aromatic heterocycles. The van der Waals surface area contributed by atoms with Crippen LogP contribution in [-0.4, -0.2) is 30.9 Å². The Bertz CT molecular complexity index is 1420. The Labute approximate surface area is 198 Å². The number of benzene rings is 4. The van der Waals surface area contributed by atoms with Gasteiger partial charge >= 0.3 is 0 Å². The first-order chi connectivity index (χ1) is 16.5. The smallest absolute Gasteiger partial charge is 0.300 e. The zero-order valence-corrected chi connectivity index (χ0v) is 19.0.